The first-order valence-corrected chi connectivity index (χ1v) is 15.1. The third-order valence-electron chi connectivity index (χ3n) is 7.73. The van der Waals surface area contributed by atoms with Crippen LogP contribution in [0.4, 0.5) is 11.4 Å². The Balaban J connectivity index is 1.25. The highest BCUT2D eigenvalue weighted by Crippen LogP contribution is 2.54. The van der Waals surface area contributed by atoms with Gasteiger partial charge in [0.15, 0.2) is 0 Å². The number of nitro groups is 1. The van der Waals surface area contributed by atoms with E-state index < -0.39 is 16.1 Å². The molecule has 0 amide bonds. The maximum atomic E-state index is 12.3. The standard InChI is InChI=1S/C28H32N2O5S2/c1-27(2)23-16-19(18-34-26(31)7-5-4-6-22-13-15-36-37-22)8-10-24(23)29(3)28(27)14-12-20-17-21(30(32)33)9-11-25(20)35-28/h8-12,14,16-17,22H,4-7,13,15,18H2,1-3H3. The topological polar surface area (TPSA) is 81.9 Å². The molecule has 0 saturated carbocycles. The Labute approximate surface area is 225 Å². The number of anilines is 1. The largest absolute Gasteiger partial charge is 0.463 e. The van der Waals surface area contributed by atoms with Gasteiger partial charge < -0.3 is 14.4 Å². The van der Waals surface area contributed by atoms with Crippen LogP contribution in [-0.2, 0) is 21.6 Å². The molecule has 3 aliphatic heterocycles. The Morgan fingerprint density at radius 1 is 1.24 bits per heavy atom. The molecule has 1 fully saturated rings. The number of benzene rings is 2. The molecule has 7 nitrogen and oxygen atoms in total. The molecule has 0 aromatic heterocycles. The summed E-state index contributed by atoms with van der Waals surface area (Å²) >= 11 is 0. The quantitative estimate of drug-likeness (QED) is 0.118. The number of ether oxygens (including phenoxy) is 2. The number of hydrogen-bond donors (Lipinski definition) is 0. The molecule has 1 saturated heterocycles. The van der Waals surface area contributed by atoms with Crippen molar-refractivity contribution in [1.82, 2.24) is 0 Å². The number of fused-ring (bicyclic) bond motifs is 2. The van der Waals surface area contributed by atoms with Gasteiger partial charge in [-0.25, -0.2) is 0 Å². The van der Waals surface area contributed by atoms with E-state index >= 15 is 0 Å². The summed E-state index contributed by atoms with van der Waals surface area (Å²) in [7, 11) is 5.94. The SMILES string of the molecule is CN1c2ccc(COC(=O)CCCCC3CCSS3)cc2C(C)(C)C12C=Cc1cc([N+](=O)[O-])ccc1O2. The molecule has 2 unspecified atom stereocenters. The molecule has 5 rings (SSSR count). The number of nitrogens with zero attached hydrogens (tertiary/aromatic N) is 2. The van der Waals surface area contributed by atoms with Crippen molar-refractivity contribution in [2.75, 3.05) is 17.7 Å². The smallest absolute Gasteiger partial charge is 0.306 e. The van der Waals surface area contributed by atoms with Crippen molar-refractivity contribution in [3.05, 3.63) is 69.3 Å². The minimum absolute atomic E-state index is 0.0383. The van der Waals surface area contributed by atoms with Gasteiger partial charge in [-0.15, -0.1) is 0 Å². The van der Waals surface area contributed by atoms with Crippen LogP contribution in [0.3, 0.4) is 0 Å². The minimum atomic E-state index is -0.788. The Morgan fingerprint density at radius 2 is 2.08 bits per heavy atom. The molecule has 0 aliphatic carbocycles. The first kappa shape index (κ1) is 26.0. The molecule has 0 N–H and O–H groups in total. The summed E-state index contributed by atoms with van der Waals surface area (Å²) in [4.78, 5) is 25.2. The second kappa shape index (κ2) is 10.3. The second-order valence-corrected chi connectivity index (χ2v) is 13.2. The Hall–Kier alpha value is -2.65. The first-order chi connectivity index (χ1) is 17.7. The van der Waals surface area contributed by atoms with Gasteiger partial charge in [-0.1, -0.05) is 34.1 Å². The van der Waals surface area contributed by atoms with E-state index in [9.17, 15) is 14.9 Å². The van der Waals surface area contributed by atoms with Crippen LogP contribution in [-0.4, -0.2) is 34.7 Å². The van der Waals surface area contributed by atoms with E-state index in [1.54, 1.807) is 6.07 Å². The first-order valence-electron chi connectivity index (χ1n) is 12.7. The molecular weight excluding hydrogens is 508 g/mol. The van der Waals surface area contributed by atoms with Crippen molar-refractivity contribution < 1.29 is 19.2 Å². The zero-order valence-electron chi connectivity index (χ0n) is 21.4. The van der Waals surface area contributed by atoms with Gasteiger partial charge in [-0.05, 0) is 74.6 Å². The second-order valence-electron chi connectivity index (χ2n) is 10.4. The van der Waals surface area contributed by atoms with E-state index in [2.05, 4.69) is 30.9 Å². The fourth-order valence-corrected chi connectivity index (χ4v) is 8.52. The van der Waals surface area contributed by atoms with Crippen molar-refractivity contribution in [2.45, 2.75) is 68.9 Å². The van der Waals surface area contributed by atoms with Gasteiger partial charge in [-0.2, -0.15) is 0 Å². The minimum Gasteiger partial charge on any atom is -0.463 e. The third-order valence-corrected chi connectivity index (χ3v) is 10.7. The van der Waals surface area contributed by atoms with Crippen LogP contribution in [0.25, 0.3) is 6.08 Å². The van der Waals surface area contributed by atoms with Crippen molar-refractivity contribution >= 4 is 45.0 Å². The molecule has 2 aromatic carbocycles. The van der Waals surface area contributed by atoms with Crippen LogP contribution >= 0.6 is 21.6 Å². The maximum absolute atomic E-state index is 12.3. The van der Waals surface area contributed by atoms with E-state index in [1.165, 1.54) is 30.7 Å². The average molecular weight is 541 g/mol. The molecule has 0 bridgehead atoms. The monoisotopic (exact) mass is 540 g/mol. The van der Waals surface area contributed by atoms with Crippen LogP contribution in [0.1, 0.15) is 62.6 Å². The van der Waals surface area contributed by atoms with Crippen LogP contribution in [0.2, 0.25) is 0 Å². The summed E-state index contributed by atoms with van der Waals surface area (Å²) in [6.45, 7) is 4.51. The molecule has 3 heterocycles. The highest BCUT2D eigenvalue weighted by atomic mass is 33.1. The van der Waals surface area contributed by atoms with Crippen molar-refractivity contribution in [1.29, 1.82) is 0 Å². The number of unbranched alkanes of at least 4 members (excludes halogenated alkanes) is 1. The molecule has 2 atom stereocenters. The molecule has 0 radical (unpaired) electrons. The molecule has 37 heavy (non-hydrogen) atoms. The van der Waals surface area contributed by atoms with Crippen molar-refractivity contribution in [2.24, 2.45) is 0 Å². The highest BCUT2D eigenvalue weighted by Gasteiger charge is 2.57. The Kier molecular flexibility index (Phi) is 7.20. The lowest BCUT2D eigenvalue weighted by Gasteiger charge is -2.45. The van der Waals surface area contributed by atoms with E-state index in [0.717, 1.165) is 34.9 Å². The van der Waals surface area contributed by atoms with E-state index in [1.807, 2.05) is 46.9 Å². The van der Waals surface area contributed by atoms with Gasteiger partial charge in [0.25, 0.3) is 5.69 Å². The zero-order valence-corrected chi connectivity index (χ0v) is 23.0. The van der Waals surface area contributed by atoms with Crippen LogP contribution in [0.5, 0.6) is 5.75 Å². The number of likely N-dealkylation sites (N-methyl/N-ethyl adjacent to an activating group) is 1. The summed E-state index contributed by atoms with van der Waals surface area (Å²) in [5.74, 6) is 1.71. The van der Waals surface area contributed by atoms with Crippen molar-refractivity contribution in [3.63, 3.8) is 0 Å². The van der Waals surface area contributed by atoms with Crippen LogP contribution < -0.4 is 9.64 Å². The zero-order chi connectivity index (χ0) is 26.2. The molecule has 9 heteroatoms. The lowest BCUT2D eigenvalue weighted by molar-refractivity contribution is -0.384. The predicted molar refractivity (Wildman–Crippen MR) is 150 cm³/mol. The lowest BCUT2D eigenvalue weighted by Crippen LogP contribution is -2.58. The van der Waals surface area contributed by atoms with Gasteiger partial charge in [0.2, 0.25) is 5.72 Å². The lowest BCUT2D eigenvalue weighted by atomic mass is 9.76. The van der Waals surface area contributed by atoms with Gasteiger partial charge in [0.1, 0.15) is 12.4 Å². The maximum Gasteiger partial charge on any atom is 0.306 e. The Morgan fingerprint density at radius 3 is 2.84 bits per heavy atom. The Bertz CT molecular complexity index is 1240. The average Bonchev–Trinajstić information content (AvgIpc) is 3.46. The summed E-state index contributed by atoms with van der Waals surface area (Å²) in [5.41, 5.74) is 2.59. The molecule has 1 spiro atoms. The van der Waals surface area contributed by atoms with Gasteiger partial charge in [-0.3, -0.25) is 14.9 Å². The number of carbonyl (C=O) groups is 1. The highest BCUT2D eigenvalue weighted by molar-refractivity contribution is 8.77. The van der Waals surface area contributed by atoms with E-state index in [-0.39, 0.29) is 18.3 Å². The normalized spacial score (nSPS) is 23.0. The molecule has 196 valence electrons. The van der Waals surface area contributed by atoms with Crippen LogP contribution in [0, 0.1) is 10.1 Å². The van der Waals surface area contributed by atoms with Crippen LogP contribution in [0.15, 0.2) is 42.5 Å². The fourth-order valence-electron chi connectivity index (χ4n) is 5.49. The fraction of sp³-hybridized carbons (Fsp3) is 0.464. The number of esters is 1. The number of carbonyl (C=O) groups excluding carboxylic acids is 1. The number of hydrogen-bond acceptors (Lipinski definition) is 8. The number of non-ortho nitro benzene ring substituents is 1. The molecule has 2 aromatic rings. The number of rotatable bonds is 8. The third kappa shape index (κ3) is 4.83. The summed E-state index contributed by atoms with van der Waals surface area (Å²) < 4.78 is 12.2. The predicted octanol–water partition coefficient (Wildman–Crippen LogP) is 6.88. The summed E-state index contributed by atoms with van der Waals surface area (Å²) in [6, 6.07) is 10.8. The molecule has 3 aliphatic rings. The van der Waals surface area contributed by atoms with Gasteiger partial charge >= 0.3 is 5.97 Å². The van der Waals surface area contributed by atoms with E-state index in [0.29, 0.717) is 17.7 Å². The number of nitro benzene ring substituents is 1. The summed E-state index contributed by atoms with van der Waals surface area (Å²) in [5, 5.41) is 11.9. The van der Waals surface area contributed by atoms with Crippen molar-refractivity contribution in [3.8, 4) is 5.75 Å². The molecular formula is C28H32N2O5S2. The van der Waals surface area contributed by atoms with Gasteiger partial charge in [0, 0.05) is 47.9 Å². The summed E-state index contributed by atoms with van der Waals surface area (Å²) in [6.07, 6.45) is 8.75. The van der Waals surface area contributed by atoms with Gasteiger partial charge in [0.05, 0.1) is 10.3 Å². The van der Waals surface area contributed by atoms with E-state index in [4.69, 9.17) is 9.47 Å².